The van der Waals surface area contributed by atoms with E-state index in [0.717, 1.165) is 0 Å². The Balaban J connectivity index is 2.53. The molecule has 1 unspecified atom stereocenters. The van der Waals surface area contributed by atoms with Gasteiger partial charge in [-0.05, 0) is 25.0 Å². The number of benzene rings is 1. The normalized spacial score (nSPS) is 13.5. The molecule has 2 N–H and O–H groups in total. The Hall–Kier alpha value is -1.50. The summed E-state index contributed by atoms with van der Waals surface area (Å²) in [5, 5.41) is 18.2. The van der Waals surface area contributed by atoms with E-state index in [4.69, 9.17) is 9.84 Å². The van der Waals surface area contributed by atoms with Crippen LogP contribution in [0.25, 0.3) is 0 Å². The Morgan fingerprint density at radius 3 is 2.60 bits per heavy atom. The van der Waals surface area contributed by atoms with Crippen LogP contribution in [0.4, 0.5) is 0 Å². The van der Waals surface area contributed by atoms with Crippen LogP contribution in [0.1, 0.15) is 13.3 Å². The maximum atomic E-state index is 9.58. The van der Waals surface area contributed by atoms with E-state index in [1.807, 2.05) is 18.2 Å². The van der Waals surface area contributed by atoms with Gasteiger partial charge in [0.25, 0.3) is 0 Å². The average molecular weight is 206 g/mol. The summed E-state index contributed by atoms with van der Waals surface area (Å²) in [7, 11) is 0. The third kappa shape index (κ3) is 4.50. The highest BCUT2D eigenvalue weighted by molar-refractivity contribution is 5.23. The number of hydrogen-bond donors (Lipinski definition) is 2. The molecule has 0 aliphatic rings. The minimum atomic E-state index is -1.20. The van der Waals surface area contributed by atoms with Crippen molar-refractivity contribution in [2.45, 2.75) is 18.9 Å². The molecule has 3 heteroatoms. The highest BCUT2D eigenvalue weighted by Crippen LogP contribution is 2.09. The molecule has 80 valence electrons. The van der Waals surface area contributed by atoms with Gasteiger partial charge in [0.15, 0.2) is 0 Å². The van der Waals surface area contributed by atoms with Crippen molar-refractivity contribution in [2.24, 2.45) is 0 Å². The molecule has 1 aromatic rings. The van der Waals surface area contributed by atoms with Crippen LogP contribution in [-0.2, 0) is 0 Å². The molecule has 1 rings (SSSR count). The summed E-state index contributed by atoms with van der Waals surface area (Å²) in [6, 6.07) is 9.10. The van der Waals surface area contributed by atoms with E-state index in [9.17, 15) is 5.11 Å². The second-order valence-corrected chi connectivity index (χ2v) is 3.39. The van der Waals surface area contributed by atoms with Crippen LogP contribution in [0, 0.1) is 12.0 Å². The van der Waals surface area contributed by atoms with Gasteiger partial charge in [-0.3, -0.25) is 0 Å². The fourth-order valence-electron chi connectivity index (χ4n) is 0.963. The van der Waals surface area contributed by atoms with Crippen LogP contribution in [0.3, 0.4) is 0 Å². The molecule has 0 bridgehead atoms. The Labute approximate surface area is 89.3 Å². The van der Waals surface area contributed by atoms with Crippen LogP contribution < -0.4 is 4.74 Å². The fraction of sp³-hybridized carbons (Fsp3) is 0.333. The monoisotopic (exact) mass is 206 g/mol. The lowest BCUT2D eigenvalue weighted by Gasteiger charge is -2.12. The predicted octanol–water partition coefficient (Wildman–Crippen LogP) is 1.16. The van der Waals surface area contributed by atoms with Gasteiger partial charge in [-0.25, -0.2) is 0 Å². The number of aliphatic hydroxyl groups is 2. The molecule has 0 aliphatic heterocycles. The lowest BCUT2D eigenvalue weighted by molar-refractivity contribution is 0.0872. The molecule has 0 amide bonds. The Morgan fingerprint density at radius 2 is 2.00 bits per heavy atom. The second-order valence-electron chi connectivity index (χ2n) is 3.39. The van der Waals surface area contributed by atoms with Gasteiger partial charge in [-0.1, -0.05) is 18.2 Å². The summed E-state index contributed by atoms with van der Waals surface area (Å²) in [5.74, 6) is 3.16. The summed E-state index contributed by atoms with van der Waals surface area (Å²) in [4.78, 5) is 0. The van der Waals surface area contributed by atoms with E-state index in [2.05, 4.69) is 12.0 Å². The van der Waals surface area contributed by atoms with Gasteiger partial charge >= 0.3 is 0 Å². The molecule has 0 saturated heterocycles. The largest absolute Gasteiger partial charge is 0.407 e. The molecular formula is C12H14O3. The van der Waals surface area contributed by atoms with E-state index < -0.39 is 5.60 Å². The topological polar surface area (TPSA) is 49.7 Å². The van der Waals surface area contributed by atoms with Gasteiger partial charge in [0.05, 0.1) is 0 Å². The molecule has 0 saturated carbocycles. The average Bonchev–Trinajstić information content (AvgIpc) is 2.19. The first-order chi connectivity index (χ1) is 7.14. The van der Waals surface area contributed by atoms with Gasteiger partial charge in [0.2, 0.25) is 0 Å². The Bertz CT molecular complexity index is 346. The van der Waals surface area contributed by atoms with Crippen LogP contribution >= 0.6 is 0 Å². The second kappa shape index (κ2) is 5.40. The molecule has 1 aromatic carbocycles. The standard InChI is InChI=1S/C12H14O3/c1-12(14,7-9-13)8-10-15-11-5-3-2-4-6-11/h2-6,13-14H,7,9H2,1H3. The van der Waals surface area contributed by atoms with E-state index in [-0.39, 0.29) is 13.0 Å². The van der Waals surface area contributed by atoms with Gasteiger partial charge < -0.3 is 14.9 Å². The molecule has 1 atom stereocenters. The zero-order chi connectivity index (χ0) is 11.1. The van der Waals surface area contributed by atoms with Crippen LogP contribution in [0.2, 0.25) is 0 Å². The van der Waals surface area contributed by atoms with Crippen molar-refractivity contribution in [3.05, 3.63) is 30.3 Å². The van der Waals surface area contributed by atoms with Crippen molar-refractivity contribution < 1.29 is 14.9 Å². The highest BCUT2D eigenvalue weighted by atomic mass is 16.5. The summed E-state index contributed by atoms with van der Waals surface area (Å²) in [6.45, 7) is 1.43. The maximum Gasteiger partial charge on any atom is 0.140 e. The predicted molar refractivity (Wildman–Crippen MR) is 57.2 cm³/mol. The van der Waals surface area contributed by atoms with Crippen molar-refractivity contribution in [1.29, 1.82) is 0 Å². The first-order valence-corrected chi connectivity index (χ1v) is 4.71. The lowest BCUT2D eigenvalue weighted by atomic mass is 10.1. The third-order valence-electron chi connectivity index (χ3n) is 1.83. The number of ether oxygens (including phenoxy) is 1. The Morgan fingerprint density at radius 1 is 1.33 bits per heavy atom. The molecular weight excluding hydrogens is 192 g/mol. The van der Waals surface area contributed by atoms with Crippen molar-refractivity contribution >= 4 is 0 Å². The first kappa shape index (κ1) is 11.6. The van der Waals surface area contributed by atoms with Crippen LogP contribution in [0.5, 0.6) is 5.75 Å². The van der Waals surface area contributed by atoms with Gasteiger partial charge in [0, 0.05) is 13.0 Å². The molecule has 0 fully saturated rings. The lowest BCUT2D eigenvalue weighted by Crippen LogP contribution is -2.23. The number of aliphatic hydroxyl groups excluding tert-OH is 1. The molecule has 0 heterocycles. The van der Waals surface area contributed by atoms with Crippen molar-refractivity contribution in [1.82, 2.24) is 0 Å². The summed E-state index contributed by atoms with van der Waals surface area (Å²) >= 11 is 0. The minimum Gasteiger partial charge on any atom is -0.407 e. The van der Waals surface area contributed by atoms with Gasteiger partial charge in [-0.2, -0.15) is 0 Å². The zero-order valence-electron chi connectivity index (χ0n) is 8.60. The zero-order valence-corrected chi connectivity index (χ0v) is 8.60. The summed E-state index contributed by atoms with van der Waals surface area (Å²) in [6.07, 6.45) is 2.62. The van der Waals surface area contributed by atoms with E-state index in [0.29, 0.717) is 5.75 Å². The number of hydrogen-bond acceptors (Lipinski definition) is 3. The van der Waals surface area contributed by atoms with Gasteiger partial charge in [0.1, 0.15) is 17.5 Å². The SMILES string of the molecule is CC(O)(C#COc1ccccc1)CCO. The van der Waals surface area contributed by atoms with Crippen LogP contribution in [-0.4, -0.2) is 22.4 Å². The summed E-state index contributed by atoms with van der Waals surface area (Å²) < 4.78 is 5.09. The van der Waals surface area contributed by atoms with Crippen LogP contribution in [0.15, 0.2) is 30.3 Å². The molecule has 0 radical (unpaired) electrons. The minimum absolute atomic E-state index is 0.104. The molecule has 0 aromatic heterocycles. The molecule has 0 aliphatic carbocycles. The summed E-state index contributed by atoms with van der Waals surface area (Å²) in [5.41, 5.74) is -1.20. The van der Waals surface area contributed by atoms with Gasteiger partial charge in [-0.15, -0.1) is 0 Å². The maximum absolute atomic E-state index is 9.58. The van der Waals surface area contributed by atoms with Crippen molar-refractivity contribution in [3.8, 4) is 17.8 Å². The number of rotatable bonds is 3. The molecule has 0 spiro atoms. The van der Waals surface area contributed by atoms with Crippen molar-refractivity contribution in [2.75, 3.05) is 6.61 Å². The molecule has 15 heavy (non-hydrogen) atoms. The third-order valence-corrected chi connectivity index (χ3v) is 1.83. The fourth-order valence-corrected chi connectivity index (χ4v) is 0.963. The number of para-hydroxylation sites is 1. The highest BCUT2D eigenvalue weighted by Gasteiger charge is 2.15. The first-order valence-electron chi connectivity index (χ1n) is 4.71. The van der Waals surface area contributed by atoms with E-state index >= 15 is 0 Å². The van der Waals surface area contributed by atoms with E-state index in [1.54, 1.807) is 12.1 Å². The Kier molecular flexibility index (Phi) is 4.17. The van der Waals surface area contributed by atoms with E-state index in [1.165, 1.54) is 6.92 Å². The quantitative estimate of drug-likeness (QED) is 0.730. The molecule has 3 nitrogen and oxygen atoms in total. The van der Waals surface area contributed by atoms with Crippen molar-refractivity contribution in [3.63, 3.8) is 0 Å². The smallest absolute Gasteiger partial charge is 0.140 e.